The molecular formula is C19H24N2O8S. The Balaban J connectivity index is 2.05. The van der Waals surface area contributed by atoms with Gasteiger partial charge in [-0.2, -0.15) is 11.8 Å². The molecule has 0 bridgehead atoms. The molecule has 2 fully saturated rings. The van der Waals surface area contributed by atoms with E-state index in [0.717, 1.165) is 12.2 Å². The lowest BCUT2D eigenvalue weighted by Crippen LogP contribution is -2.36. The summed E-state index contributed by atoms with van der Waals surface area (Å²) in [5.41, 5.74) is -1.16. The number of nitrogens with zero attached hydrogens (tertiary/aromatic N) is 1. The monoisotopic (exact) mass is 440 g/mol. The molecule has 2 saturated heterocycles. The van der Waals surface area contributed by atoms with Crippen LogP contribution in [0.25, 0.3) is 0 Å². The summed E-state index contributed by atoms with van der Waals surface area (Å²) >= 11 is 1.69. The van der Waals surface area contributed by atoms with Gasteiger partial charge in [0.25, 0.3) is 5.56 Å². The number of thioether (sulfide) groups is 1. The van der Waals surface area contributed by atoms with Crippen molar-refractivity contribution in [2.75, 3.05) is 11.5 Å². The predicted octanol–water partition coefficient (Wildman–Crippen LogP) is 0.815. The smallest absolute Gasteiger partial charge is 0.328 e. The molecule has 10 nitrogen and oxygen atoms in total. The predicted molar refractivity (Wildman–Crippen MR) is 107 cm³/mol. The first-order valence-electron chi connectivity index (χ1n) is 9.69. The first-order valence-corrected chi connectivity index (χ1v) is 10.8. The van der Waals surface area contributed by atoms with E-state index in [4.69, 9.17) is 4.74 Å². The average molecular weight is 440 g/mol. The summed E-state index contributed by atoms with van der Waals surface area (Å²) < 4.78 is 7.37. The van der Waals surface area contributed by atoms with Crippen LogP contribution in [0, 0.1) is 11.8 Å². The number of nitrogens with one attached hydrogen (secondary N) is 1. The molecule has 3 heterocycles. The van der Waals surface area contributed by atoms with Crippen molar-refractivity contribution in [3.05, 3.63) is 32.6 Å². The molecule has 11 heteroatoms. The Labute approximate surface area is 175 Å². The van der Waals surface area contributed by atoms with Gasteiger partial charge in [-0.25, -0.2) is 4.79 Å². The summed E-state index contributed by atoms with van der Waals surface area (Å²) in [5, 5.41) is 18.7. The normalized spacial score (nSPS) is 28.5. The molecular weight excluding hydrogens is 416 g/mol. The van der Waals surface area contributed by atoms with Gasteiger partial charge < -0.3 is 14.9 Å². The van der Waals surface area contributed by atoms with Crippen molar-refractivity contribution in [3.8, 4) is 0 Å². The van der Waals surface area contributed by atoms with Gasteiger partial charge in [-0.15, -0.1) is 0 Å². The van der Waals surface area contributed by atoms with Crippen molar-refractivity contribution in [3.63, 3.8) is 0 Å². The molecule has 0 saturated carbocycles. The van der Waals surface area contributed by atoms with Gasteiger partial charge >= 0.3 is 17.6 Å². The molecule has 1 aromatic heterocycles. The zero-order valence-electron chi connectivity index (χ0n) is 16.4. The van der Waals surface area contributed by atoms with E-state index in [1.807, 2.05) is 0 Å². The molecule has 0 aromatic carbocycles. The molecule has 1 aromatic rings. The minimum Gasteiger partial charge on any atom is -0.481 e. The number of aromatic nitrogens is 2. The number of carbonyl (C=O) groups is 3. The number of H-pyrrole nitrogens is 1. The third-order valence-electron chi connectivity index (χ3n) is 5.65. The number of hydrogen-bond acceptors (Lipinski definition) is 7. The Bertz CT molecular complexity index is 949. The number of ketones is 1. The third kappa shape index (κ3) is 4.84. The van der Waals surface area contributed by atoms with E-state index in [0.29, 0.717) is 5.75 Å². The van der Waals surface area contributed by atoms with E-state index in [1.165, 1.54) is 17.7 Å². The van der Waals surface area contributed by atoms with Crippen LogP contribution in [0.4, 0.5) is 0 Å². The molecule has 0 amide bonds. The first-order chi connectivity index (χ1) is 14.2. The van der Waals surface area contributed by atoms with Gasteiger partial charge in [0.15, 0.2) is 0 Å². The lowest BCUT2D eigenvalue weighted by molar-refractivity contribution is -0.141. The van der Waals surface area contributed by atoms with Gasteiger partial charge in [0.1, 0.15) is 5.78 Å². The molecule has 2 aliphatic heterocycles. The van der Waals surface area contributed by atoms with Crippen LogP contribution < -0.4 is 11.2 Å². The average Bonchev–Trinajstić information content (AvgIpc) is 3.25. The fourth-order valence-corrected chi connectivity index (χ4v) is 5.54. The molecule has 0 aliphatic carbocycles. The van der Waals surface area contributed by atoms with Crippen molar-refractivity contribution in [2.45, 2.75) is 50.9 Å². The first kappa shape index (κ1) is 22.3. The lowest BCUT2D eigenvalue weighted by atomic mass is 9.80. The molecule has 30 heavy (non-hydrogen) atoms. The minimum absolute atomic E-state index is 0.0820. The molecule has 3 rings (SSSR count). The van der Waals surface area contributed by atoms with Gasteiger partial charge in [-0.3, -0.25) is 28.7 Å². The highest BCUT2D eigenvalue weighted by atomic mass is 32.2. The van der Waals surface area contributed by atoms with Gasteiger partial charge in [-0.1, -0.05) is 0 Å². The van der Waals surface area contributed by atoms with E-state index in [1.54, 1.807) is 11.8 Å². The second-order valence-corrected chi connectivity index (χ2v) is 8.94. The van der Waals surface area contributed by atoms with E-state index in [9.17, 15) is 34.2 Å². The second-order valence-electron chi connectivity index (χ2n) is 7.79. The highest BCUT2D eigenvalue weighted by Gasteiger charge is 2.48. The number of carbonyl (C=O) groups excluding carboxylic acids is 1. The van der Waals surface area contributed by atoms with E-state index in [-0.39, 0.29) is 30.2 Å². The number of rotatable bonds is 8. The number of aliphatic carboxylic acids is 2. The number of aromatic amines is 1. The lowest BCUT2D eigenvalue weighted by Gasteiger charge is -2.22. The fraction of sp³-hybridized carbons (Fsp3) is 0.632. The zero-order valence-corrected chi connectivity index (χ0v) is 17.2. The fourth-order valence-electron chi connectivity index (χ4n) is 4.34. The summed E-state index contributed by atoms with van der Waals surface area (Å²) in [4.78, 5) is 61.8. The van der Waals surface area contributed by atoms with E-state index >= 15 is 0 Å². The van der Waals surface area contributed by atoms with Gasteiger partial charge in [0, 0.05) is 36.2 Å². The summed E-state index contributed by atoms with van der Waals surface area (Å²) in [6.45, 7) is 1.34. The standard InChI is InChI=1S/C19H24N2O8S/c1-9(22)4-14-11(5-15(23)24)12(6-16(25)26)17(29-14)13-7-21(10-2-3-30-8-10)19(28)20-18(13)27/h7,10-12,14,17H,2-6,8H2,1H3,(H,23,24)(H,25,26)(H,20,27,28)/t10?,11-,12+,14-,17+/m1/s1. The molecule has 0 spiro atoms. The number of carboxylic acids is 2. The van der Waals surface area contributed by atoms with Crippen molar-refractivity contribution in [1.29, 1.82) is 0 Å². The van der Waals surface area contributed by atoms with Crippen molar-refractivity contribution < 1.29 is 29.3 Å². The van der Waals surface area contributed by atoms with Crippen LogP contribution in [0.1, 0.15) is 50.3 Å². The van der Waals surface area contributed by atoms with Crippen LogP contribution in [-0.2, 0) is 19.1 Å². The van der Waals surface area contributed by atoms with Crippen LogP contribution in [-0.4, -0.2) is 55.1 Å². The summed E-state index contributed by atoms with van der Waals surface area (Å²) in [6, 6.07) is -0.0970. The maximum Gasteiger partial charge on any atom is 0.328 e. The van der Waals surface area contributed by atoms with Crippen molar-refractivity contribution in [2.24, 2.45) is 11.8 Å². The zero-order chi connectivity index (χ0) is 22.0. The van der Waals surface area contributed by atoms with Crippen LogP contribution in [0.3, 0.4) is 0 Å². The highest BCUT2D eigenvalue weighted by Crippen LogP contribution is 2.46. The molecule has 2 aliphatic rings. The largest absolute Gasteiger partial charge is 0.481 e. The Morgan fingerprint density at radius 1 is 1.17 bits per heavy atom. The SMILES string of the molecule is CC(=O)C[C@H]1O[C@H](c2cn(C3CCSC3)c(=O)[nH]c2=O)[C@@H](CC(=O)O)[C@H]1CC(=O)O. The summed E-state index contributed by atoms with van der Waals surface area (Å²) in [6.07, 6.45) is -0.575. The summed E-state index contributed by atoms with van der Waals surface area (Å²) in [5.74, 6) is -2.52. The van der Waals surface area contributed by atoms with Crippen molar-refractivity contribution >= 4 is 29.5 Å². The molecule has 164 valence electrons. The van der Waals surface area contributed by atoms with E-state index < -0.39 is 53.7 Å². The Kier molecular flexibility index (Phi) is 6.81. The van der Waals surface area contributed by atoms with Gasteiger partial charge in [0.05, 0.1) is 30.6 Å². The maximum absolute atomic E-state index is 12.6. The van der Waals surface area contributed by atoms with Crippen LogP contribution in [0.15, 0.2) is 15.8 Å². The van der Waals surface area contributed by atoms with Crippen LogP contribution >= 0.6 is 11.8 Å². The van der Waals surface area contributed by atoms with E-state index in [2.05, 4.69) is 4.98 Å². The number of carboxylic acid groups (broad SMARTS) is 2. The minimum atomic E-state index is -1.16. The van der Waals surface area contributed by atoms with Crippen LogP contribution in [0.2, 0.25) is 0 Å². The van der Waals surface area contributed by atoms with Gasteiger partial charge in [-0.05, 0) is 19.1 Å². The second kappa shape index (κ2) is 9.17. The molecule has 0 radical (unpaired) electrons. The third-order valence-corrected chi connectivity index (χ3v) is 6.79. The maximum atomic E-state index is 12.6. The van der Waals surface area contributed by atoms with Crippen molar-refractivity contribution in [1.82, 2.24) is 9.55 Å². The Hall–Kier alpha value is -2.40. The molecule has 3 N–H and O–H groups in total. The number of ether oxygens (including phenoxy) is 1. The topological polar surface area (TPSA) is 156 Å². The Morgan fingerprint density at radius 3 is 2.40 bits per heavy atom. The number of hydrogen-bond donors (Lipinski definition) is 3. The molecule has 5 atom stereocenters. The quantitative estimate of drug-likeness (QED) is 0.532. The highest BCUT2D eigenvalue weighted by molar-refractivity contribution is 7.99. The summed E-state index contributed by atoms with van der Waals surface area (Å²) in [7, 11) is 0. The number of Topliss-reactive ketones (excluding diaryl/α,β-unsaturated/α-hetero) is 1. The van der Waals surface area contributed by atoms with Gasteiger partial charge in [0.2, 0.25) is 0 Å². The Morgan fingerprint density at radius 2 is 1.83 bits per heavy atom. The van der Waals surface area contributed by atoms with Crippen LogP contribution in [0.5, 0.6) is 0 Å². The molecule has 1 unspecified atom stereocenters.